The van der Waals surface area contributed by atoms with E-state index in [1.807, 2.05) is 0 Å². The summed E-state index contributed by atoms with van der Waals surface area (Å²) >= 11 is 0. The number of hydrogen-bond acceptors (Lipinski definition) is 11. The number of rotatable bonds is 2. The summed E-state index contributed by atoms with van der Waals surface area (Å²) in [5, 5.41) is 9.57. The van der Waals surface area contributed by atoms with E-state index in [1.165, 1.54) is 36.9 Å². The molecule has 0 radical (unpaired) electrons. The Morgan fingerprint density at radius 3 is 1.68 bits per heavy atom. The molecule has 0 aromatic rings. The topological polar surface area (TPSA) is 158 Å². The zero-order chi connectivity index (χ0) is 31.4. The van der Waals surface area contributed by atoms with E-state index in [4.69, 9.17) is 14.2 Å². The maximum atomic E-state index is 12.0. The lowest BCUT2D eigenvalue weighted by Crippen LogP contribution is -2.53. The standard InChI is InChI=1S/C12H21NO5.C12H19NO5.C4H8O/c2*1-12(2,3)18-11(16)13-6-5-8(14)7-9(13)10(15)17-4;1-2-4-5-3-1/h8-9,14H,5-7H2,1-4H3;9H,5-7H2,1-4H3;1-4H2/t8-,9+;9-;/m10./s1. The Morgan fingerprint density at radius 1 is 0.805 bits per heavy atom. The lowest BCUT2D eigenvalue weighted by molar-refractivity contribution is -0.150. The van der Waals surface area contributed by atoms with Crippen LogP contribution in [0.1, 0.15) is 80.1 Å². The molecule has 3 heterocycles. The van der Waals surface area contributed by atoms with Crippen LogP contribution in [0.5, 0.6) is 0 Å². The number of ether oxygens (including phenoxy) is 5. The maximum Gasteiger partial charge on any atom is 0.411 e. The number of likely N-dealkylation sites (tertiary alicyclic amines) is 2. The van der Waals surface area contributed by atoms with Gasteiger partial charge in [0.2, 0.25) is 0 Å². The lowest BCUT2D eigenvalue weighted by atomic mass is 10.00. The van der Waals surface area contributed by atoms with Gasteiger partial charge in [-0.25, -0.2) is 19.2 Å². The molecule has 3 saturated heterocycles. The summed E-state index contributed by atoms with van der Waals surface area (Å²) in [6.45, 7) is 13.0. The SMILES string of the molecule is C1CCOC1.COC(=O)[C@@H]1CC(=O)CCN1C(=O)OC(C)(C)C.COC(=O)[C@@H]1C[C@H](O)CCN1C(=O)OC(C)(C)C. The van der Waals surface area contributed by atoms with E-state index >= 15 is 0 Å². The van der Waals surface area contributed by atoms with Crippen molar-refractivity contribution in [3.8, 4) is 0 Å². The summed E-state index contributed by atoms with van der Waals surface area (Å²) in [7, 11) is 2.49. The number of aliphatic hydroxyl groups excluding tert-OH is 1. The van der Waals surface area contributed by atoms with Gasteiger partial charge in [-0.05, 0) is 60.8 Å². The fraction of sp³-hybridized carbons (Fsp3) is 0.821. The highest BCUT2D eigenvalue weighted by Gasteiger charge is 2.39. The fourth-order valence-electron chi connectivity index (χ4n) is 4.07. The fourth-order valence-corrected chi connectivity index (χ4v) is 4.07. The van der Waals surface area contributed by atoms with Gasteiger partial charge in [-0.15, -0.1) is 0 Å². The predicted octanol–water partition coefficient (Wildman–Crippen LogP) is 2.84. The Balaban J connectivity index is 0.000000349. The molecule has 13 nitrogen and oxygen atoms in total. The van der Waals surface area contributed by atoms with Gasteiger partial charge in [-0.1, -0.05) is 0 Å². The molecule has 13 heteroatoms. The van der Waals surface area contributed by atoms with E-state index in [0.717, 1.165) is 13.2 Å². The molecular formula is C28H48N2O11. The minimum Gasteiger partial charge on any atom is -0.467 e. The average Bonchev–Trinajstić information content (AvgIpc) is 3.46. The molecule has 0 aromatic carbocycles. The number of amides is 2. The van der Waals surface area contributed by atoms with Crippen molar-refractivity contribution in [2.24, 2.45) is 0 Å². The second-order valence-electron chi connectivity index (χ2n) is 11.9. The Morgan fingerprint density at radius 2 is 1.27 bits per heavy atom. The number of Topliss-reactive ketones (excluding diaryl/α,β-unsaturated/α-hetero) is 1. The molecule has 0 bridgehead atoms. The third-order valence-electron chi connectivity index (χ3n) is 6.03. The van der Waals surface area contributed by atoms with Crippen LogP contribution in [-0.4, -0.2) is 115 Å². The van der Waals surface area contributed by atoms with Gasteiger partial charge in [0, 0.05) is 45.6 Å². The van der Waals surface area contributed by atoms with Crippen molar-refractivity contribution < 1.29 is 52.8 Å². The van der Waals surface area contributed by atoms with Crippen LogP contribution in [0.2, 0.25) is 0 Å². The Kier molecular flexibility index (Phi) is 14.5. The van der Waals surface area contributed by atoms with E-state index in [9.17, 15) is 29.1 Å². The van der Waals surface area contributed by atoms with Crippen molar-refractivity contribution in [3.63, 3.8) is 0 Å². The normalized spacial score (nSPS) is 22.8. The van der Waals surface area contributed by atoms with E-state index in [2.05, 4.69) is 9.47 Å². The van der Waals surface area contributed by atoms with Gasteiger partial charge < -0.3 is 28.8 Å². The molecule has 3 rings (SSSR count). The molecule has 0 aliphatic carbocycles. The first-order valence-corrected chi connectivity index (χ1v) is 13.9. The zero-order valence-corrected chi connectivity index (χ0v) is 25.7. The molecule has 3 fully saturated rings. The van der Waals surface area contributed by atoms with Crippen LogP contribution >= 0.6 is 0 Å². The maximum absolute atomic E-state index is 12.0. The van der Waals surface area contributed by atoms with Crippen LogP contribution in [0, 0.1) is 0 Å². The first kappa shape index (κ1) is 36.1. The second-order valence-corrected chi connectivity index (χ2v) is 11.9. The molecule has 3 aliphatic heterocycles. The molecule has 2 amide bonds. The molecule has 41 heavy (non-hydrogen) atoms. The number of esters is 2. The first-order chi connectivity index (χ1) is 19.0. The van der Waals surface area contributed by atoms with Crippen molar-refractivity contribution in [2.75, 3.05) is 40.5 Å². The van der Waals surface area contributed by atoms with Crippen molar-refractivity contribution in [1.29, 1.82) is 0 Å². The highest BCUT2D eigenvalue weighted by Crippen LogP contribution is 2.22. The van der Waals surface area contributed by atoms with Gasteiger partial charge in [0.05, 0.1) is 20.3 Å². The van der Waals surface area contributed by atoms with Crippen LogP contribution in [0.3, 0.4) is 0 Å². The molecule has 0 unspecified atom stereocenters. The Labute approximate surface area is 242 Å². The molecule has 236 valence electrons. The number of carbonyl (C=O) groups is 5. The molecule has 3 aliphatic rings. The van der Waals surface area contributed by atoms with Crippen LogP contribution < -0.4 is 0 Å². The van der Waals surface area contributed by atoms with Crippen LogP contribution in [-0.2, 0) is 38.1 Å². The van der Waals surface area contributed by atoms with E-state index in [-0.39, 0.29) is 38.1 Å². The number of ketones is 1. The minimum absolute atomic E-state index is 0.00802. The average molecular weight is 589 g/mol. The molecule has 0 spiro atoms. The Hall–Kier alpha value is -2.93. The van der Waals surface area contributed by atoms with Crippen molar-refractivity contribution in [2.45, 2.75) is 109 Å². The Bertz CT molecular complexity index is 883. The summed E-state index contributed by atoms with van der Waals surface area (Å²) in [5.74, 6) is -1.17. The summed E-state index contributed by atoms with van der Waals surface area (Å²) in [4.78, 5) is 61.0. The van der Waals surface area contributed by atoms with Gasteiger partial charge in [-0.3, -0.25) is 14.6 Å². The monoisotopic (exact) mass is 588 g/mol. The number of piperidine rings is 2. The summed E-state index contributed by atoms with van der Waals surface area (Å²) in [5.41, 5.74) is -1.26. The largest absolute Gasteiger partial charge is 0.467 e. The van der Waals surface area contributed by atoms with Crippen molar-refractivity contribution >= 4 is 29.9 Å². The van der Waals surface area contributed by atoms with Gasteiger partial charge in [-0.2, -0.15) is 0 Å². The highest BCUT2D eigenvalue weighted by atomic mass is 16.6. The number of carbonyl (C=O) groups excluding carboxylic acids is 5. The number of aliphatic hydroxyl groups is 1. The van der Waals surface area contributed by atoms with Gasteiger partial charge in [0.15, 0.2) is 0 Å². The number of methoxy groups -OCH3 is 2. The van der Waals surface area contributed by atoms with Crippen LogP contribution in [0.25, 0.3) is 0 Å². The molecule has 1 N–H and O–H groups in total. The lowest BCUT2D eigenvalue weighted by Gasteiger charge is -2.36. The first-order valence-electron chi connectivity index (χ1n) is 13.9. The smallest absolute Gasteiger partial charge is 0.411 e. The molecular weight excluding hydrogens is 540 g/mol. The molecule has 0 aromatic heterocycles. The summed E-state index contributed by atoms with van der Waals surface area (Å²) in [6, 6.07) is -1.64. The van der Waals surface area contributed by atoms with Crippen molar-refractivity contribution in [3.05, 3.63) is 0 Å². The quantitative estimate of drug-likeness (QED) is 0.373. The molecule has 0 saturated carbocycles. The van der Waals surface area contributed by atoms with Gasteiger partial charge >= 0.3 is 24.1 Å². The summed E-state index contributed by atoms with van der Waals surface area (Å²) < 4.78 is 24.6. The predicted molar refractivity (Wildman–Crippen MR) is 147 cm³/mol. The minimum atomic E-state index is -0.869. The van der Waals surface area contributed by atoms with E-state index < -0.39 is 53.5 Å². The third kappa shape index (κ3) is 13.5. The van der Waals surface area contributed by atoms with Gasteiger partial charge in [0.1, 0.15) is 29.1 Å². The summed E-state index contributed by atoms with van der Waals surface area (Å²) in [6.07, 6.45) is 1.68. The number of hydrogen-bond donors (Lipinski definition) is 1. The van der Waals surface area contributed by atoms with Crippen LogP contribution in [0.4, 0.5) is 9.59 Å². The van der Waals surface area contributed by atoms with Crippen LogP contribution in [0.15, 0.2) is 0 Å². The van der Waals surface area contributed by atoms with Gasteiger partial charge in [0.25, 0.3) is 0 Å². The zero-order valence-electron chi connectivity index (χ0n) is 25.7. The molecule has 3 atom stereocenters. The van der Waals surface area contributed by atoms with E-state index in [0.29, 0.717) is 6.42 Å². The van der Waals surface area contributed by atoms with Crippen molar-refractivity contribution in [1.82, 2.24) is 9.80 Å². The highest BCUT2D eigenvalue weighted by molar-refractivity contribution is 5.91. The second kappa shape index (κ2) is 16.5. The number of nitrogens with zero attached hydrogens (tertiary/aromatic N) is 2. The van der Waals surface area contributed by atoms with E-state index in [1.54, 1.807) is 41.5 Å². The third-order valence-corrected chi connectivity index (χ3v) is 6.03.